The fourth-order valence-electron chi connectivity index (χ4n) is 8.56. The molecule has 77 heavy (non-hydrogen) atoms. The van der Waals surface area contributed by atoms with Crippen LogP contribution >= 0.6 is 11.3 Å². The summed E-state index contributed by atoms with van der Waals surface area (Å²) in [6.45, 7) is 0. The van der Waals surface area contributed by atoms with Crippen LogP contribution in [0.5, 0.6) is 5.75 Å². The molecule has 2 nitrogen and oxygen atoms in total. The summed E-state index contributed by atoms with van der Waals surface area (Å²) in [5.74, 6) is 0.878. The van der Waals surface area contributed by atoms with Crippen molar-refractivity contribution in [1.82, 2.24) is 0 Å². The monoisotopic (exact) mass is 1140 g/mol. The first-order chi connectivity index (χ1) is 35.2. The number of nitrogens with zero attached hydrogens (tertiary/aromatic N) is 1. The Hall–Kier alpha value is -7.13. The highest BCUT2D eigenvalue weighted by molar-refractivity contribution is 7.20. The van der Waals surface area contributed by atoms with E-state index in [0.717, 1.165) is 11.1 Å². The van der Waals surface area contributed by atoms with E-state index in [1.165, 1.54) is 16.2 Å². The van der Waals surface area contributed by atoms with Crippen molar-refractivity contribution in [2.75, 3.05) is 0 Å². The van der Waals surface area contributed by atoms with Crippen LogP contribution in [-0.4, -0.2) is 6.15 Å². The largest absolute Gasteiger partial charge is 0.416 e. The highest BCUT2D eigenvalue weighted by atomic mass is 32.1. The molecular formula is C49H24BF24NOS. The number of fused-ring (bicyclic) bond motifs is 3. The Morgan fingerprint density at radius 3 is 0.870 bits per heavy atom. The highest BCUT2D eigenvalue weighted by Crippen LogP contribution is 2.42. The van der Waals surface area contributed by atoms with Crippen LogP contribution in [0.2, 0.25) is 0 Å². The second kappa shape index (κ2) is 19.7. The topological polar surface area (TPSA) is 13.1 Å². The predicted octanol–water partition coefficient (Wildman–Crippen LogP) is 15.4. The van der Waals surface area contributed by atoms with Gasteiger partial charge in [0.1, 0.15) is 6.15 Å². The zero-order valence-corrected chi connectivity index (χ0v) is 38.1. The second-order valence-electron chi connectivity index (χ2n) is 16.8. The minimum atomic E-state index is -6.13. The second-order valence-corrected chi connectivity index (χ2v) is 17.6. The Bertz CT molecular complexity index is 3020. The van der Waals surface area contributed by atoms with E-state index in [1.54, 1.807) is 16.1 Å². The minimum Gasteiger partial charge on any atom is -0.230 e. The summed E-state index contributed by atoms with van der Waals surface area (Å²) in [7, 11) is 0. The number of aromatic nitrogens is 1. The van der Waals surface area contributed by atoms with Crippen molar-refractivity contribution in [3.05, 3.63) is 189 Å². The van der Waals surface area contributed by atoms with Crippen LogP contribution in [0.15, 0.2) is 144 Å². The number of benzene rings is 7. The molecular weight excluding hydrogens is 1120 g/mol. The zero-order valence-electron chi connectivity index (χ0n) is 37.3. The lowest BCUT2D eigenvalue weighted by atomic mass is 9.12. The van der Waals surface area contributed by atoms with Crippen LogP contribution in [-0.2, 0) is 49.4 Å². The average Bonchev–Trinajstić information content (AvgIpc) is 3.83. The average molecular weight is 1140 g/mol. The van der Waals surface area contributed by atoms with Crippen LogP contribution < -0.4 is 31.4 Å². The molecule has 0 saturated heterocycles. The molecule has 408 valence electrons. The first-order valence-corrected chi connectivity index (χ1v) is 22.0. The fourth-order valence-corrected chi connectivity index (χ4v) is 9.05. The van der Waals surface area contributed by atoms with Crippen LogP contribution in [0.3, 0.4) is 0 Å². The lowest BCUT2D eigenvalue weighted by Gasteiger charge is -2.46. The molecule has 0 amide bonds. The molecule has 1 aromatic heterocycles. The molecule has 0 bridgehead atoms. The molecule has 7 aromatic carbocycles. The summed E-state index contributed by atoms with van der Waals surface area (Å²) in [5, 5.41) is 6.78. The van der Waals surface area contributed by atoms with E-state index in [4.69, 9.17) is 4.84 Å². The Kier molecular flexibility index (Phi) is 14.7. The van der Waals surface area contributed by atoms with Gasteiger partial charge in [-0.3, -0.25) is 0 Å². The van der Waals surface area contributed by atoms with Crippen molar-refractivity contribution in [2.45, 2.75) is 49.4 Å². The van der Waals surface area contributed by atoms with Crippen LogP contribution in [0.1, 0.15) is 44.5 Å². The van der Waals surface area contributed by atoms with E-state index in [0.29, 0.717) is 0 Å². The van der Waals surface area contributed by atoms with E-state index < -0.39 is 195 Å². The maximum absolute atomic E-state index is 14.2. The lowest BCUT2D eigenvalue weighted by Crippen LogP contribution is -2.75. The Labute approximate surface area is 419 Å². The number of hydrogen-bond donors (Lipinski definition) is 0. The maximum Gasteiger partial charge on any atom is 0.416 e. The summed E-state index contributed by atoms with van der Waals surface area (Å²) in [4.78, 5) is 5.97. The molecule has 1 heterocycles. The van der Waals surface area contributed by atoms with Crippen LogP contribution in [0.25, 0.3) is 21.5 Å². The zero-order chi connectivity index (χ0) is 57.3. The number of rotatable bonds is 6. The summed E-state index contributed by atoms with van der Waals surface area (Å²) >= 11 is 1.61. The minimum absolute atomic E-state index is 0.691. The molecule has 0 spiro atoms. The smallest absolute Gasteiger partial charge is 0.230 e. The fraction of sp³-hybridized carbons (Fsp3) is 0.163. The molecule has 0 N–H and O–H groups in total. The van der Waals surface area contributed by atoms with Crippen LogP contribution in [0, 0.1) is 0 Å². The Morgan fingerprint density at radius 2 is 0.597 bits per heavy atom. The number of alkyl halides is 24. The van der Waals surface area contributed by atoms with Crippen molar-refractivity contribution in [3.63, 3.8) is 0 Å². The van der Waals surface area contributed by atoms with Gasteiger partial charge in [0.05, 0.1) is 49.9 Å². The molecule has 0 fully saturated rings. The third-order valence-corrected chi connectivity index (χ3v) is 12.4. The van der Waals surface area contributed by atoms with Gasteiger partial charge in [0.15, 0.2) is 0 Å². The van der Waals surface area contributed by atoms with Crippen LogP contribution in [0.4, 0.5) is 105 Å². The van der Waals surface area contributed by atoms with Crippen molar-refractivity contribution in [1.29, 1.82) is 0 Å². The van der Waals surface area contributed by atoms with Gasteiger partial charge in [0.2, 0.25) is 11.9 Å². The maximum atomic E-state index is 14.2. The molecule has 0 unspecified atom stereocenters. The van der Waals surface area contributed by atoms with Gasteiger partial charge in [0, 0.05) is 10.1 Å². The summed E-state index contributed by atoms with van der Waals surface area (Å²) in [6, 6.07) is 10.0. The predicted molar refractivity (Wildman–Crippen MR) is 232 cm³/mol. The molecule has 0 aliphatic carbocycles. The molecule has 8 rings (SSSR count). The molecule has 0 aliphatic rings. The molecule has 8 aromatic rings. The normalized spacial score (nSPS) is 13.5. The SMILES string of the molecule is FC(F)(F)c1cc([B-](c2cc(C(F)(F)F)cc(C(F)(F)F)c2)(c2cc(C(F)(F)F)cc(C(F)(F)F)c2)c2cc(C(F)(F)F)cc(C(F)(F)F)c2)cc(C(F)(F)F)c1.c1ccc2c(c1)cc(O[n+]1ccsc1)c1ccccc12. The summed E-state index contributed by atoms with van der Waals surface area (Å²) in [5.41, 5.74) is -28.3. The van der Waals surface area contributed by atoms with E-state index in [1.807, 2.05) is 23.2 Å². The highest BCUT2D eigenvalue weighted by Gasteiger charge is 2.47. The number of thiazole rings is 1. The van der Waals surface area contributed by atoms with E-state index in [-0.39, 0.29) is 0 Å². The molecule has 28 heteroatoms. The Balaban J connectivity index is 0.000000353. The quantitative estimate of drug-likeness (QED) is 0.0700. The third kappa shape index (κ3) is 12.4. The first-order valence-electron chi connectivity index (χ1n) is 21.1. The van der Waals surface area contributed by atoms with Crippen molar-refractivity contribution >= 4 is 60.9 Å². The van der Waals surface area contributed by atoms with Gasteiger partial charge in [-0.25, -0.2) is 4.84 Å². The van der Waals surface area contributed by atoms with Gasteiger partial charge in [-0.1, -0.05) is 108 Å². The molecule has 0 aliphatic heterocycles. The molecule has 0 saturated carbocycles. The van der Waals surface area contributed by atoms with Crippen molar-refractivity contribution in [3.8, 4) is 5.75 Å². The van der Waals surface area contributed by atoms with Gasteiger partial charge >= 0.3 is 49.4 Å². The van der Waals surface area contributed by atoms with Crippen molar-refractivity contribution in [2.24, 2.45) is 0 Å². The van der Waals surface area contributed by atoms with Gasteiger partial charge in [0.25, 0.3) is 5.51 Å². The Morgan fingerprint density at radius 1 is 0.325 bits per heavy atom. The van der Waals surface area contributed by atoms with Gasteiger partial charge in [-0.2, -0.15) is 127 Å². The van der Waals surface area contributed by atoms with Gasteiger partial charge in [-0.15, -0.1) is 0 Å². The summed E-state index contributed by atoms with van der Waals surface area (Å²) in [6.07, 6.45) is -52.9. The van der Waals surface area contributed by atoms with E-state index in [9.17, 15) is 105 Å². The van der Waals surface area contributed by atoms with Crippen molar-refractivity contribution < 1.29 is 115 Å². The first kappa shape index (κ1) is 57.6. The lowest BCUT2D eigenvalue weighted by molar-refractivity contribution is -0.871. The molecule has 0 radical (unpaired) electrons. The van der Waals surface area contributed by atoms with E-state index >= 15 is 0 Å². The van der Waals surface area contributed by atoms with Gasteiger partial charge in [-0.05, 0) is 46.5 Å². The third-order valence-electron chi connectivity index (χ3n) is 11.8. The van der Waals surface area contributed by atoms with E-state index in [2.05, 4.69) is 48.5 Å². The summed E-state index contributed by atoms with van der Waals surface area (Å²) < 4.78 is 343. The molecule has 0 atom stereocenters. The standard InChI is InChI=1S/C32H12BF24.C17H12NOS/c34-25(35,36)13-1-14(26(37,38)39)6-21(5-13)33(22-7-15(27(40,41)42)2-16(8-22)28(43,44)45,23-9-17(29(46,47)48)3-18(10-23)30(49,50)51)24-11-19(31(52,53)54)4-20(12-24)32(55,56)57;1-2-6-14-13(5-1)11-17(19-18-9-10-20-12-18)16-8-4-3-7-15(14)16/h1-12H;1-12H/q-1;+1. The number of hydrogen-bond acceptors (Lipinski definition) is 2. The number of halogens is 24. The van der Waals surface area contributed by atoms with Gasteiger partial charge < -0.3 is 0 Å².